The van der Waals surface area contributed by atoms with Crippen LogP contribution in [0.5, 0.6) is 0 Å². The van der Waals surface area contributed by atoms with Gasteiger partial charge in [-0.05, 0) is 12.8 Å². The second-order valence-corrected chi connectivity index (χ2v) is 7.59. The number of likely N-dealkylation sites (tertiary alicyclic amines) is 1. The van der Waals surface area contributed by atoms with Gasteiger partial charge in [0.2, 0.25) is 5.91 Å². The highest BCUT2D eigenvalue weighted by molar-refractivity contribution is 5.91. The van der Waals surface area contributed by atoms with E-state index in [9.17, 15) is 18.4 Å². The Morgan fingerprint density at radius 2 is 2.07 bits per heavy atom. The van der Waals surface area contributed by atoms with Gasteiger partial charge in [0.15, 0.2) is 5.69 Å². The zero-order chi connectivity index (χ0) is 20.1. The topological polar surface area (TPSA) is 89.4 Å². The molecule has 0 radical (unpaired) electrons. The number of halogens is 2. The summed E-state index contributed by atoms with van der Waals surface area (Å²) in [4.78, 5) is 26.1. The first-order valence-corrected chi connectivity index (χ1v) is 9.75. The van der Waals surface area contributed by atoms with Crippen LogP contribution in [0.4, 0.5) is 8.78 Å². The van der Waals surface area contributed by atoms with Crippen LogP contribution >= 0.6 is 0 Å². The third-order valence-corrected chi connectivity index (χ3v) is 5.38. The number of rotatable bonds is 7. The zero-order valence-electron chi connectivity index (χ0n) is 16.1. The molecule has 0 aromatic carbocycles. The fraction of sp³-hybridized carbons (Fsp3) is 0.778. The Hall–Kier alpha value is -2.10. The van der Waals surface area contributed by atoms with Crippen molar-refractivity contribution in [2.45, 2.75) is 57.0 Å². The van der Waals surface area contributed by atoms with E-state index in [1.54, 1.807) is 0 Å². The molecule has 1 aromatic rings. The SMILES string of the molecule is COCCNC(=O)c1cn(CC2CC(F)(F)CN2C(=O)C2CCCCC2)nn1. The first kappa shape index (κ1) is 20.6. The molecule has 1 unspecified atom stereocenters. The van der Waals surface area contributed by atoms with Crippen LogP contribution < -0.4 is 5.32 Å². The standard InChI is InChI=1S/C18H27F2N5O3/c1-28-8-7-21-16(26)15-11-24(23-22-15)10-14-9-18(19,20)12-25(14)17(27)13-5-3-2-4-6-13/h11,13-14H,2-10,12H2,1H3,(H,21,26). The lowest BCUT2D eigenvalue weighted by Gasteiger charge is -2.30. The Balaban J connectivity index is 1.64. The minimum Gasteiger partial charge on any atom is -0.383 e. The molecule has 2 fully saturated rings. The van der Waals surface area contributed by atoms with E-state index in [-0.39, 0.29) is 24.1 Å². The molecule has 2 amide bonds. The fourth-order valence-electron chi connectivity index (χ4n) is 3.97. The predicted octanol–water partition coefficient (Wildman–Crippen LogP) is 1.47. The van der Waals surface area contributed by atoms with Crippen LogP contribution in [0.2, 0.25) is 0 Å². The Kier molecular flexibility index (Phi) is 6.58. The van der Waals surface area contributed by atoms with E-state index in [4.69, 9.17) is 4.74 Å². The number of carbonyl (C=O) groups excluding carboxylic acids is 2. The number of nitrogens with zero attached hydrogens (tertiary/aromatic N) is 4. The molecule has 3 rings (SSSR count). The van der Waals surface area contributed by atoms with Gasteiger partial charge in [0.25, 0.3) is 11.8 Å². The lowest BCUT2D eigenvalue weighted by atomic mass is 9.88. The van der Waals surface area contributed by atoms with Gasteiger partial charge >= 0.3 is 0 Å². The van der Waals surface area contributed by atoms with Crippen LogP contribution in [-0.2, 0) is 16.1 Å². The van der Waals surface area contributed by atoms with Crippen molar-refractivity contribution >= 4 is 11.8 Å². The van der Waals surface area contributed by atoms with E-state index in [2.05, 4.69) is 15.6 Å². The van der Waals surface area contributed by atoms with Gasteiger partial charge in [0.1, 0.15) is 0 Å². The summed E-state index contributed by atoms with van der Waals surface area (Å²) < 4.78 is 34.4. The molecule has 156 valence electrons. The van der Waals surface area contributed by atoms with E-state index in [0.717, 1.165) is 32.1 Å². The van der Waals surface area contributed by atoms with Crippen molar-refractivity contribution in [1.29, 1.82) is 0 Å². The smallest absolute Gasteiger partial charge is 0.273 e. The van der Waals surface area contributed by atoms with Crippen LogP contribution in [0.25, 0.3) is 0 Å². The Morgan fingerprint density at radius 1 is 1.32 bits per heavy atom. The van der Waals surface area contributed by atoms with Gasteiger partial charge in [0.05, 0.1) is 31.9 Å². The van der Waals surface area contributed by atoms with E-state index < -0.39 is 30.8 Å². The maximum absolute atomic E-state index is 14.1. The lowest BCUT2D eigenvalue weighted by Crippen LogP contribution is -2.42. The molecule has 10 heteroatoms. The third-order valence-electron chi connectivity index (χ3n) is 5.38. The summed E-state index contributed by atoms with van der Waals surface area (Å²) >= 11 is 0. The van der Waals surface area contributed by atoms with E-state index >= 15 is 0 Å². The first-order chi connectivity index (χ1) is 13.4. The molecule has 0 bridgehead atoms. The van der Waals surface area contributed by atoms with E-state index in [1.807, 2.05) is 0 Å². The normalized spacial score (nSPS) is 22.4. The number of carbonyl (C=O) groups is 2. The molecular weight excluding hydrogens is 372 g/mol. The summed E-state index contributed by atoms with van der Waals surface area (Å²) in [6, 6.07) is -0.657. The molecule has 2 aliphatic rings. The van der Waals surface area contributed by atoms with Gasteiger partial charge in [-0.2, -0.15) is 0 Å². The van der Waals surface area contributed by atoms with Crippen LogP contribution in [0.1, 0.15) is 49.0 Å². The minimum absolute atomic E-state index is 0.0897. The van der Waals surface area contributed by atoms with Crippen molar-refractivity contribution < 1.29 is 23.1 Å². The highest BCUT2D eigenvalue weighted by atomic mass is 19.3. The molecule has 0 spiro atoms. The summed E-state index contributed by atoms with van der Waals surface area (Å²) in [6.07, 6.45) is 5.58. The van der Waals surface area contributed by atoms with Crippen LogP contribution in [0, 0.1) is 5.92 Å². The van der Waals surface area contributed by atoms with Crippen LogP contribution in [0.15, 0.2) is 6.20 Å². The quantitative estimate of drug-likeness (QED) is 0.702. The maximum atomic E-state index is 14.1. The maximum Gasteiger partial charge on any atom is 0.273 e. The van der Waals surface area contributed by atoms with Crippen LogP contribution in [-0.4, -0.2) is 70.5 Å². The molecular formula is C18H27F2N5O3. The van der Waals surface area contributed by atoms with Crippen molar-refractivity contribution in [3.05, 3.63) is 11.9 Å². The number of amides is 2. The molecule has 1 saturated carbocycles. The van der Waals surface area contributed by atoms with Gasteiger partial charge in [-0.1, -0.05) is 24.5 Å². The number of nitrogens with one attached hydrogen (secondary N) is 1. The number of hydrogen-bond donors (Lipinski definition) is 1. The first-order valence-electron chi connectivity index (χ1n) is 9.75. The fourth-order valence-corrected chi connectivity index (χ4v) is 3.97. The number of hydrogen-bond acceptors (Lipinski definition) is 5. The second kappa shape index (κ2) is 8.93. The molecule has 2 heterocycles. The molecule has 1 aromatic heterocycles. The van der Waals surface area contributed by atoms with Crippen LogP contribution in [0.3, 0.4) is 0 Å². The Morgan fingerprint density at radius 3 is 2.79 bits per heavy atom. The molecule has 1 atom stereocenters. The molecule has 8 nitrogen and oxygen atoms in total. The summed E-state index contributed by atoms with van der Waals surface area (Å²) in [5, 5.41) is 10.3. The van der Waals surface area contributed by atoms with Crippen molar-refractivity contribution in [3.8, 4) is 0 Å². The average molecular weight is 399 g/mol. The highest BCUT2D eigenvalue weighted by Crippen LogP contribution is 2.35. The minimum atomic E-state index is -2.91. The van der Waals surface area contributed by atoms with Gasteiger partial charge in [-0.15, -0.1) is 5.10 Å². The van der Waals surface area contributed by atoms with E-state index in [0.29, 0.717) is 13.2 Å². The third kappa shape index (κ3) is 5.03. The van der Waals surface area contributed by atoms with Crippen molar-refractivity contribution in [1.82, 2.24) is 25.2 Å². The monoisotopic (exact) mass is 399 g/mol. The summed E-state index contributed by atoms with van der Waals surface area (Å²) in [7, 11) is 1.53. The summed E-state index contributed by atoms with van der Waals surface area (Å²) in [5.74, 6) is -3.66. The molecule has 1 aliphatic heterocycles. The Bertz CT molecular complexity index is 691. The number of aromatic nitrogens is 3. The lowest BCUT2D eigenvalue weighted by molar-refractivity contribution is -0.138. The number of alkyl halides is 2. The Labute approximate surface area is 162 Å². The van der Waals surface area contributed by atoms with Gasteiger partial charge < -0.3 is 15.0 Å². The van der Waals surface area contributed by atoms with Crippen molar-refractivity contribution in [2.24, 2.45) is 5.92 Å². The van der Waals surface area contributed by atoms with Gasteiger partial charge in [0, 0.05) is 26.0 Å². The number of methoxy groups -OCH3 is 1. The van der Waals surface area contributed by atoms with E-state index in [1.165, 1.54) is 22.9 Å². The zero-order valence-corrected chi connectivity index (χ0v) is 16.1. The van der Waals surface area contributed by atoms with Gasteiger partial charge in [-0.3, -0.25) is 9.59 Å². The molecule has 1 saturated heterocycles. The molecule has 28 heavy (non-hydrogen) atoms. The summed E-state index contributed by atoms with van der Waals surface area (Å²) in [6.45, 7) is 0.244. The van der Waals surface area contributed by atoms with Crippen molar-refractivity contribution in [3.63, 3.8) is 0 Å². The molecule has 1 aliphatic carbocycles. The van der Waals surface area contributed by atoms with Gasteiger partial charge in [-0.25, -0.2) is 13.5 Å². The number of ether oxygens (including phenoxy) is 1. The molecule has 1 N–H and O–H groups in total. The summed E-state index contributed by atoms with van der Waals surface area (Å²) in [5.41, 5.74) is 0.103. The average Bonchev–Trinajstić information content (AvgIpc) is 3.26. The van der Waals surface area contributed by atoms with Crippen molar-refractivity contribution in [2.75, 3.05) is 26.8 Å². The largest absolute Gasteiger partial charge is 0.383 e. The predicted molar refractivity (Wildman–Crippen MR) is 95.9 cm³/mol. The highest BCUT2D eigenvalue weighted by Gasteiger charge is 2.48. The second-order valence-electron chi connectivity index (χ2n) is 7.59.